The molecule has 0 aliphatic heterocycles. The van der Waals surface area contributed by atoms with Crippen LogP contribution >= 0.6 is 0 Å². The Morgan fingerprint density at radius 1 is 1.29 bits per heavy atom. The Hall–Kier alpha value is -1.37. The summed E-state index contributed by atoms with van der Waals surface area (Å²) in [4.78, 5) is 12.6. The van der Waals surface area contributed by atoms with E-state index < -0.39 is 10.0 Å². The molecule has 3 unspecified atom stereocenters. The molecule has 6 nitrogen and oxygen atoms in total. The average molecular weight is 312 g/mol. The number of aromatic nitrogens is 1. The number of carbonyl (C=O) groups is 1. The van der Waals surface area contributed by atoms with Gasteiger partial charge in [0.25, 0.3) is 10.0 Å². The summed E-state index contributed by atoms with van der Waals surface area (Å²) >= 11 is 0. The molecule has 3 rings (SSSR count). The highest BCUT2D eigenvalue weighted by Gasteiger charge is 2.46. The molecule has 0 saturated heterocycles. The zero-order valence-electron chi connectivity index (χ0n) is 12.5. The molecule has 116 valence electrons. The monoisotopic (exact) mass is 312 g/mol. The van der Waals surface area contributed by atoms with Crippen LogP contribution in [0, 0.1) is 31.6 Å². The van der Waals surface area contributed by atoms with Crippen molar-refractivity contribution in [2.24, 2.45) is 17.8 Å². The number of hydrogen-bond acceptors (Lipinski definition) is 5. The molecule has 0 N–H and O–H groups in total. The van der Waals surface area contributed by atoms with Crippen LogP contribution in [-0.2, 0) is 14.8 Å². The normalized spacial score (nSPS) is 28.0. The van der Waals surface area contributed by atoms with Gasteiger partial charge >= 0.3 is 0 Å². The van der Waals surface area contributed by atoms with Crippen molar-refractivity contribution in [1.82, 2.24) is 9.46 Å². The minimum atomic E-state index is -3.88. The summed E-state index contributed by atoms with van der Waals surface area (Å²) in [6, 6.07) is 0. The van der Waals surface area contributed by atoms with Crippen LogP contribution in [0.3, 0.4) is 0 Å². The number of aryl methyl sites for hydroxylation is 2. The zero-order valence-corrected chi connectivity index (χ0v) is 13.3. The molecule has 0 spiro atoms. The minimum absolute atomic E-state index is 0.0153. The van der Waals surface area contributed by atoms with Gasteiger partial charge in [-0.25, -0.2) is 12.7 Å². The van der Waals surface area contributed by atoms with Crippen LogP contribution < -0.4 is 0 Å². The lowest BCUT2D eigenvalue weighted by Crippen LogP contribution is -2.39. The van der Waals surface area contributed by atoms with E-state index in [0.717, 1.165) is 23.6 Å². The van der Waals surface area contributed by atoms with Crippen molar-refractivity contribution in [2.75, 3.05) is 7.05 Å². The van der Waals surface area contributed by atoms with Crippen molar-refractivity contribution in [3.8, 4) is 0 Å². The highest BCUT2D eigenvalue weighted by atomic mass is 32.2. The van der Waals surface area contributed by atoms with Gasteiger partial charge in [-0.1, -0.05) is 11.6 Å². The maximum absolute atomic E-state index is 12.6. The maximum Gasteiger partial charge on any atom is 0.271 e. The lowest BCUT2D eigenvalue weighted by Gasteiger charge is -2.26. The number of carbonyl (C=O) groups excluding carboxylic acids is 1. The molecule has 1 aromatic heterocycles. The first-order chi connectivity index (χ1) is 9.82. The summed E-state index contributed by atoms with van der Waals surface area (Å²) < 4.78 is 31.1. The molecule has 1 amide bonds. The fourth-order valence-corrected chi connectivity index (χ4v) is 5.34. The van der Waals surface area contributed by atoms with Gasteiger partial charge in [-0.2, -0.15) is 0 Å². The Morgan fingerprint density at radius 3 is 2.48 bits per heavy atom. The third-order valence-electron chi connectivity index (χ3n) is 4.95. The van der Waals surface area contributed by atoms with Crippen LogP contribution in [0.2, 0.25) is 0 Å². The largest absolute Gasteiger partial charge is 0.360 e. The summed E-state index contributed by atoms with van der Waals surface area (Å²) in [5.41, 5.74) is 0.292. The third-order valence-corrected chi connectivity index (χ3v) is 6.95. The minimum Gasteiger partial charge on any atom is -0.360 e. The van der Waals surface area contributed by atoms with E-state index in [1.165, 1.54) is 13.5 Å². The molecule has 0 aromatic carbocycles. The van der Waals surface area contributed by atoms with Gasteiger partial charge in [0, 0.05) is 13.0 Å². The number of rotatable bonds is 3. The predicted octanol–water partition coefficient (Wildman–Crippen LogP) is 1.87. The van der Waals surface area contributed by atoms with E-state index in [0.29, 0.717) is 17.5 Å². The van der Waals surface area contributed by atoms with Crippen molar-refractivity contribution in [1.29, 1.82) is 0 Å². The number of hydrogen-bond donors (Lipinski definition) is 0. The summed E-state index contributed by atoms with van der Waals surface area (Å²) in [5.74, 6) is 0.732. The first-order valence-corrected chi connectivity index (χ1v) is 8.72. The van der Waals surface area contributed by atoms with Gasteiger partial charge in [0.15, 0.2) is 10.7 Å². The summed E-state index contributed by atoms with van der Waals surface area (Å²) in [7, 11) is -2.54. The maximum atomic E-state index is 12.6. The van der Waals surface area contributed by atoms with Crippen molar-refractivity contribution < 1.29 is 17.7 Å². The van der Waals surface area contributed by atoms with Gasteiger partial charge in [-0.05, 0) is 44.9 Å². The van der Waals surface area contributed by atoms with Crippen LogP contribution in [0.1, 0.15) is 37.1 Å². The van der Waals surface area contributed by atoms with Crippen molar-refractivity contribution >= 4 is 15.9 Å². The average Bonchev–Trinajstić information content (AvgIpc) is 3.12. The van der Waals surface area contributed by atoms with Crippen molar-refractivity contribution in [3.05, 3.63) is 11.5 Å². The van der Waals surface area contributed by atoms with Gasteiger partial charge in [0.1, 0.15) is 5.69 Å². The first kappa shape index (κ1) is 14.6. The van der Waals surface area contributed by atoms with E-state index in [9.17, 15) is 13.2 Å². The Morgan fingerprint density at radius 2 is 2.00 bits per heavy atom. The molecule has 2 fully saturated rings. The van der Waals surface area contributed by atoms with Gasteiger partial charge in [-0.3, -0.25) is 4.79 Å². The highest BCUT2D eigenvalue weighted by molar-refractivity contribution is 7.89. The van der Waals surface area contributed by atoms with Gasteiger partial charge in [0.2, 0.25) is 5.91 Å². The second-order valence-corrected chi connectivity index (χ2v) is 8.15. The Labute approximate surface area is 124 Å². The summed E-state index contributed by atoms with van der Waals surface area (Å²) in [6.07, 6.45) is 4.11. The Kier molecular flexibility index (Phi) is 3.35. The highest BCUT2D eigenvalue weighted by Crippen LogP contribution is 2.49. The fraction of sp³-hybridized carbons (Fsp3) is 0.714. The van der Waals surface area contributed by atoms with Crippen molar-refractivity contribution in [3.63, 3.8) is 0 Å². The zero-order chi connectivity index (χ0) is 15.4. The molecular weight excluding hydrogens is 292 g/mol. The van der Waals surface area contributed by atoms with Crippen LogP contribution in [-0.4, -0.2) is 30.8 Å². The van der Waals surface area contributed by atoms with Crippen LogP contribution in [0.25, 0.3) is 0 Å². The fourth-order valence-electron chi connectivity index (χ4n) is 3.88. The predicted molar refractivity (Wildman–Crippen MR) is 74.9 cm³/mol. The molecule has 2 bridgehead atoms. The van der Waals surface area contributed by atoms with Crippen LogP contribution in [0.5, 0.6) is 0 Å². The van der Waals surface area contributed by atoms with E-state index in [-0.39, 0.29) is 22.5 Å². The molecular formula is C14H20N2O4S. The quantitative estimate of drug-likeness (QED) is 0.851. The van der Waals surface area contributed by atoms with E-state index >= 15 is 0 Å². The van der Waals surface area contributed by atoms with Crippen molar-refractivity contribution in [2.45, 2.75) is 44.4 Å². The molecule has 21 heavy (non-hydrogen) atoms. The summed E-state index contributed by atoms with van der Waals surface area (Å²) in [5, 5.41) is 3.67. The van der Waals surface area contributed by atoms with E-state index in [1.807, 2.05) is 0 Å². The molecule has 2 aliphatic carbocycles. The van der Waals surface area contributed by atoms with Crippen LogP contribution in [0.15, 0.2) is 9.42 Å². The first-order valence-electron chi connectivity index (χ1n) is 7.28. The standard InChI is InChI=1S/C14H20N2O4S/c1-8-13(9(2)20-15-8)21(18,19)16(3)14(17)12-7-10-4-5-11(12)6-10/h10-12H,4-7H2,1-3H3. The molecule has 2 saturated carbocycles. The molecule has 7 heteroatoms. The number of fused-ring (bicyclic) bond motifs is 2. The van der Waals surface area contributed by atoms with Gasteiger partial charge in [0.05, 0.1) is 0 Å². The van der Waals surface area contributed by atoms with E-state index in [4.69, 9.17) is 4.52 Å². The van der Waals surface area contributed by atoms with Crippen LogP contribution in [0.4, 0.5) is 0 Å². The number of nitrogens with zero attached hydrogens (tertiary/aromatic N) is 2. The second kappa shape index (κ2) is 4.83. The number of sulfonamides is 1. The number of amides is 1. The van der Waals surface area contributed by atoms with Gasteiger partial charge < -0.3 is 4.52 Å². The molecule has 0 radical (unpaired) electrons. The lowest BCUT2D eigenvalue weighted by molar-refractivity contribution is -0.131. The molecule has 2 aliphatic rings. The third kappa shape index (κ3) is 2.18. The van der Waals surface area contributed by atoms with Gasteiger partial charge in [-0.15, -0.1) is 0 Å². The molecule has 1 heterocycles. The second-order valence-electron chi connectivity index (χ2n) is 6.25. The lowest BCUT2D eigenvalue weighted by atomic mass is 9.88. The molecule has 3 atom stereocenters. The SMILES string of the molecule is Cc1noc(C)c1S(=O)(=O)N(C)C(=O)C1CC2CCC1C2. The van der Waals surface area contributed by atoms with E-state index in [1.54, 1.807) is 13.8 Å². The summed E-state index contributed by atoms with van der Waals surface area (Å²) in [6.45, 7) is 3.11. The Balaban J connectivity index is 1.87. The molecule has 1 aromatic rings. The van der Waals surface area contributed by atoms with E-state index in [2.05, 4.69) is 5.16 Å². The Bertz CT molecular complexity index is 660. The smallest absolute Gasteiger partial charge is 0.271 e. The topological polar surface area (TPSA) is 80.5 Å².